The van der Waals surface area contributed by atoms with Crippen molar-refractivity contribution >= 4 is 57.3 Å². The summed E-state index contributed by atoms with van der Waals surface area (Å²) < 4.78 is 5.49. The molecule has 9 heteroatoms. The number of ether oxygens (including phenoxy) is 1. The number of H-pyrrole nitrogens is 1. The Hall–Kier alpha value is -2.01. The first-order valence-corrected chi connectivity index (χ1v) is 9.96. The number of aromatic nitrogens is 2. The molecule has 0 unspecified atom stereocenters. The highest BCUT2D eigenvalue weighted by molar-refractivity contribution is 14.0. The summed E-state index contributed by atoms with van der Waals surface area (Å²) in [6, 6.07) is 6.03. The molecule has 0 aliphatic carbocycles. The average molecular weight is 512 g/mol. The van der Waals surface area contributed by atoms with Gasteiger partial charge in [-0.1, -0.05) is 6.07 Å². The third-order valence-electron chi connectivity index (χ3n) is 4.92. The van der Waals surface area contributed by atoms with Gasteiger partial charge in [0.05, 0.1) is 7.11 Å². The number of fused-ring (bicyclic) bond motifs is 1. The molecule has 3 heterocycles. The maximum atomic E-state index is 6.23. The summed E-state index contributed by atoms with van der Waals surface area (Å²) in [5.74, 6) is 1.51. The molecule has 2 aromatic heterocycles. The SMILES string of the molecule is COc1cccc2[nH]cc(CCN=C(N)N3CCN(c4nccs4)CC3)c12.I. The van der Waals surface area contributed by atoms with Crippen LogP contribution in [0.2, 0.25) is 0 Å². The van der Waals surface area contributed by atoms with Crippen LogP contribution in [0.25, 0.3) is 10.9 Å². The number of aliphatic imine (C=N–C) groups is 1. The summed E-state index contributed by atoms with van der Waals surface area (Å²) in [6.45, 7) is 4.24. The minimum Gasteiger partial charge on any atom is -0.496 e. The fraction of sp³-hybridized carbons (Fsp3) is 0.368. The van der Waals surface area contributed by atoms with Gasteiger partial charge in [0.25, 0.3) is 0 Å². The van der Waals surface area contributed by atoms with Crippen LogP contribution in [0.15, 0.2) is 41.0 Å². The van der Waals surface area contributed by atoms with Crippen molar-refractivity contribution in [2.45, 2.75) is 6.42 Å². The number of rotatable bonds is 5. The first kappa shape index (κ1) is 20.7. The second kappa shape index (κ2) is 9.46. The zero-order valence-electron chi connectivity index (χ0n) is 15.8. The fourth-order valence-electron chi connectivity index (χ4n) is 3.48. The predicted molar refractivity (Wildman–Crippen MR) is 126 cm³/mol. The molecular weight excluding hydrogens is 487 g/mol. The van der Waals surface area contributed by atoms with Gasteiger partial charge < -0.3 is 25.3 Å². The van der Waals surface area contributed by atoms with Gasteiger partial charge in [-0.2, -0.15) is 0 Å². The van der Waals surface area contributed by atoms with Crippen molar-refractivity contribution in [1.29, 1.82) is 0 Å². The van der Waals surface area contributed by atoms with Gasteiger partial charge in [0.15, 0.2) is 11.1 Å². The summed E-state index contributed by atoms with van der Waals surface area (Å²) in [6.07, 6.45) is 4.70. The highest BCUT2D eigenvalue weighted by atomic mass is 127. The van der Waals surface area contributed by atoms with Crippen LogP contribution in [0.1, 0.15) is 5.56 Å². The third kappa shape index (κ3) is 4.35. The number of piperazine rings is 1. The second-order valence-corrected chi connectivity index (χ2v) is 7.35. The third-order valence-corrected chi connectivity index (χ3v) is 5.75. The standard InChI is InChI=1S/C19H24N6OS.HI/c1-26-16-4-2-3-15-17(16)14(13-23-15)5-6-21-18(20)24-8-10-25(11-9-24)19-22-7-12-27-19;/h2-4,7,12-13,23H,5-6,8-11H2,1H3,(H2,20,21);1H. The summed E-state index contributed by atoms with van der Waals surface area (Å²) in [7, 11) is 1.70. The highest BCUT2D eigenvalue weighted by Crippen LogP contribution is 2.28. The number of thiazole rings is 1. The Morgan fingerprint density at radius 1 is 1.32 bits per heavy atom. The smallest absolute Gasteiger partial charge is 0.191 e. The van der Waals surface area contributed by atoms with E-state index in [9.17, 15) is 0 Å². The molecule has 150 valence electrons. The monoisotopic (exact) mass is 512 g/mol. The van der Waals surface area contributed by atoms with Crippen LogP contribution in [0.3, 0.4) is 0 Å². The van der Waals surface area contributed by atoms with Gasteiger partial charge in [-0.05, 0) is 24.1 Å². The number of aromatic amines is 1. The Morgan fingerprint density at radius 2 is 2.14 bits per heavy atom. The van der Waals surface area contributed by atoms with Crippen molar-refractivity contribution in [3.63, 3.8) is 0 Å². The van der Waals surface area contributed by atoms with Crippen LogP contribution in [0, 0.1) is 0 Å². The summed E-state index contributed by atoms with van der Waals surface area (Å²) in [5.41, 5.74) is 8.52. The molecule has 3 N–H and O–H groups in total. The van der Waals surface area contributed by atoms with Crippen LogP contribution in [0.5, 0.6) is 5.75 Å². The van der Waals surface area contributed by atoms with Crippen LogP contribution in [0.4, 0.5) is 5.13 Å². The van der Waals surface area contributed by atoms with E-state index in [1.54, 1.807) is 18.4 Å². The number of hydrogen-bond acceptors (Lipinski definition) is 5. The lowest BCUT2D eigenvalue weighted by molar-refractivity contribution is 0.380. The molecule has 0 spiro atoms. The summed E-state index contributed by atoms with van der Waals surface area (Å²) in [5, 5.41) is 4.22. The largest absolute Gasteiger partial charge is 0.496 e. The van der Waals surface area contributed by atoms with Gasteiger partial charge in [0, 0.05) is 61.4 Å². The van der Waals surface area contributed by atoms with Gasteiger partial charge in [-0.15, -0.1) is 35.3 Å². The van der Waals surface area contributed by atoms with E-state index < -0.39 is 0 Å². The first-order chi connectivity index (χ1) is 13.3. The summed E-state index contributed by atoms with van der Waals surface area (Å²) >= 11 is 1.68. The molecule has 0 radical (unpaired) electrons. The molecule has 0 atom stereocenters. The van der Waals surface area contributed by atoms with Crippen molar-refractivity contribution < 1.29 is 4.74 Å². The lowest BCUT2D eigenvalue weighted by Crippen LogP contribution is -2.51. The average Bonchev–Trinajstić information content (AvgIpc) is 3.38. The van der Waals surface area contributed by atoms with Gasteiger partial charge >= 0.3 is 0 Å². The van der Waals surface area contributed by atoms with Crippen molar-refractivity contribution in [1.82, 2.24) is 14.9 Å². The quantitative estimate of drug-likeness (QED) is 0.312. The Bertz CT molecular complexity index is 918. The first-order valence-electron chi connectivity index (χ1n) is 9.08. The Morgan fingerprint density at radius 3 is 2.86 bits per heavy atom. The van der Waals surface area contributed by atoms with E-state index in [0.717, 1.165) is 54.4 Å². The van der Waals surface area contributed by atoms with Gasteiger partial charge in [-0.25, -0.2) is 4.98 Å². The maximum Gasteiger partial charge on any atom is 0.191 e. The van der Waals surface area contributed by atoms with Crippen molar-refractivity contribution in [3.8, 4) is 5.75 Å². The fourth-order valence-corrected chi connectivity index (χ4v) is 4.17. The molecule has 1 aliphatic rings. The molecular formula is C19H25IN6OS. The van der Waals surface area contributed by atoms with Crippen LogP contribution in [-0.2, 0) is 6.42 Å². The Kier molecular flexibility index (Phi) is 7.00. The van der Waals surface area contributed by atoms with Gasteiger partial charge in [0.2, 0.25) is 0 Å². The number of guanidine groups is 1. The maximum absolute atomic E-state index is 6.23. The molecule has 0 bridgehead atoms. The van der Waals surface area contributed by atoms with E-state index in [0.29, 0.717) is 12.5 Å². The molecule has 4 rings (SSSR count). The molecule has 0 saturated carbocycles. The number of nitrogens with one attached hydrogen (secondary N) is 1. The lowest BCUT2D eigenvalue weighted by atomic mass is 10.1. The highest BCUT2D eigenvalue weighted by Gasteiger charge is 2.19. The molecule has 1 aliphatic heterocycles. The minimum absolute atomic E-state index is 0. The zero-order valence-corrected chi connectivity index (χ0v) is 18.9. The predicted octanol–water partition coefficient (Wildman–Crippen LogP) is 2.93. The van der Waals surface area contributed by atoms with E-state index in [1.165, 1.54) is 5.56 Å². The lowest BCUT2D eigenvalue weighted by Gasteiger charge is -2.35. The Balaban J connectivity index is 0.00000225. The van der Waals surface area contributed by atoms with Gasteiger partial charge in [0.1, 0.15) is 5.75 Å². The number of nitrogens with zero attached hydrogens (tertiary/aromatic N) is 4. The second-order valence-electron chi connectivity index (χ2n) is 6.48. The summed E-state index contributed by atoms with van der Waals surface area (Å²) in [4.78, 5) is 16.7. The number of methoxy groups -OCH3 is 1. The van der Waals surface area contributed by atoms with E-state index in [4.69, 9.17) is 10.5 Å². The van der Waals surface area contributed by atoms with E-state index in [2.05, 4.69) is 30.8 Å². The number of halogens is 1. The van der Waals surface area contributed by atoms with Crippen molar-refractivity contribution in [2.75, 3.05) is 44.7 Å². The van der Waals surface area contributed by atoms with Crippen molar-refractivity contribution in [3.05, 3.63) is 41.5 Å². The normalized spacial score (nSPS) is 15.0. The van der Waals surface area contributed by atoms with Crippen LogP contribution >= 0.6 is 35.3 Å². The van der Waals surface area contributed by atoms with E-state index >= 15 is 0 Å². The molecule has 0 amide bonds. The van der Waals surface area contributed by atoms with E-state index in [-0.39, 0.29) is 24.0 Å². The van der Waals surface area contributed by atoms with E-state index in [1.807, 2.05) is 29.9 Å². The molecule has 1 saturated heterocycles. The molecule has 1 aromatic carbocycles. The molecule has 1 fully saturated rings. The topological polar surface area (TPSA) is 82.8 Å². The van der Waals surface area contributed by atoms with Crippen molar-refractivity contribution in [2.24, 2.45) is 10.7 Å². The number of hydrogen-bond donors (Lipinski definition) is 2. The Labute approximate surface area is 185 Å². The zero-order chi connectivity index (χ0) is 18.6. The number of nitrogens with two attached hydrogens (primary N) is 1. The molecule has 3 aromatic rings. The number of anilines is 1. The molecule has 7 nitrogen and oxygen atoms in total. The number of benzene rings is 1. The van der Waals surface area contributed by atoms with Crippen LogP contribution < -0.4 is 15.4 Å². The van der Waals surface area contributed by atoms with Gasteiger partial charge in [-0.3, -0.25) is 4.99 Å². The van der Waals surface area contributed by atoms with Crippen LogP contribution in [-0.4, -0.2) is 60.7 Å². The minimum atomic E-state index is 0. The molecule has 28 heavy (non-hydrogen) atoms.